The summed E-state index contributed by atoms with van der Waals surface area (Å²) < 4.78 is 24.7. The second kappa shape index (κ2) is 3.49. The molecule has 1 aliphatic heterocycles. The van der Waals surface area contributed by atoms with Crippen molar-refractivity contribution in [3.63, 3.8) is 0 Å². The van der Waals surface area contributed by atoms with Crippen LogP contribution < -0.4 is 0 Å². The number of hydrogen-bond donors (Lipinski definition) is 0. The molecule has 1 aromatic heterocycles. The van der Waals surface area contributed by atoms with E-state index in [9.17, 15) is 8.42 Å². The minimum Gasteiger partial charge on any atom is -0.331 e. The van der Waals surface area contributed by atoms with Gasteiger partial charge in [-0.25, -0.2) is 13.4 Å². The standard InChI is InChI=1S/C9H13ClN2O2S/c1-6-4-3-5-12-7(2)11-9(8(6)12)15(10,13)14/h6H,3-5H2,1-2H3. The molecule has 4 nitrogen and oxygen atoms in total. The molecule has 0 saturated heterocycles. The highest BCUT2D eigenvalue weighted by atomic mass is 35.7. The molecular weight excluding hydrogens is 236 g/mol. The van der Waals surface area contributed by atoms with Crippen molar-refractivity contribution in [1.29, 1.82) is 0 Å². The van der Waals surface area contributed by atoms with Crippen LogP contribution in [-0.4, -0.2) is 18.0 Å². The van der Waals surface area contributed by atoms with Crippen LogP contribution in [0.1, 0.15) is 37.2 Å². The van der Waals surface area contributed by atoms with Gasteiger partial charge in [-0.2, -0.15) is 0 Å². The zero-order valence-corrected chi connectivity index (χ0v) is 10.3. The fraction of sp³-hybridized carbons (Fsp3) is 0.667. The Balaban J connectivity index is 2.69. The zero-order valence-electron chi connectivity index (χ0n) is 8.70. The van der Waals surface area contributed by atoms with Crippen LogP contribution in [0.2, 0.25) is 0 Å². The number of aryl methyl sites for hydroxylation is 1. The lowest BCUT2D eigenvalue weighted by molar-refractivity contribution is 0.461. The highest BCUT2D eigenvalue weighted by molar-refractivity contribution is 8.13. The van der Waals surface area contributed by atoms with Crippen molar-refractivity contribution >= 4 is 19.7 Å². The van der Waals surface area contributed by atoms with E-state index in [0.29, 0.717) is 0 Å². The lowest BCUT2D eigenvalue weighted by Crippen LogP contribution is -2.15. The molecule has 15 heavy (non-hydrogen) atoms. The smallest absolute Gasteiger partial charge is 0.280 e. The van der Waals surface area contributed by atoms with Crippen LogP contribution >= 0.6 is 10.7 Å². The summed E-state index contributed by atoms with van der Waals surface area (Å²) in [4.78, 5) is 4.06. The van der Waals surface area contributed by atoms with Crippen LogP contribution in [0.3, 0.4) is 0 Å². The fourth-order valence-electron chi connectivity index (χ4n) is 2.19. The topological polar surface area (TPSA) is 52.0 Å². The number of aromatic nitrogens is 2. The van der Waals surface area contributed by atoms with Crippen molar-refractivity contribution in [3.05, 3.63) is 11.5 Å². The van der Waals surface area contributed by atoms with Crippen LogP contribution in [0.15, 0.2) is 5.03 Å². The summed E-state index contributed by atoms with van der Waals surface area (Å²) in [5, 5.41) is 0.0499. The highest BCUT2D eigenvalue weighted by Crippen LogP contribution is 2.33. The summed E-state index contributed by atoms with van der Waals surface area (Å²) in [7, 11) is 1.65. The number of hydrogen-bond acceptors (Lipinski definition) is 3. The van der Waals surface area contributed by atoms with Crippen molar-refractivity contribution in [2.75, 3.05) is 0 Å². The van der Waals surface area contributed by atoms with E-state index in [1.807, 2.05) is 18.4 Å². The molecule has 6 heteroatoms. The van der Waals surface area contributed by atoms with Gasteiger partial charge in [0.05, 0.1) is 5.69 Å². The van der Waals surface area contributed by atoms with E-state index >= 15 is 0 Å². The maximum absolute atomic E-state index is 11.4. The Morgan fingerprint density at radius 1 is 1.53 bits per heavy atom. The van der Waals surface area contributed by atoms with Gasteiger partial charge in [-0.1, -0.05) is 6.92 Å². The summed E-state index contributed by atoms with van der Waals surface area (Å²) in [6.45, 7) is 4.66. The van der Waals surface area contributed by atoms with Crippen molar-refractivity contribution in [2.24, 2.45) is 0 Å². The number of imidazole rings is 1. The van der Waals surface area contributed by atoms with Gasteiger partial charge in [-0.3, -0.25) is 0 Å². The predicted octanol–water partition coefficient (Wildman–Crippen LogP) is 2.02. The molecule has 84 valence electrons. The van der Waals surface area contributed by atoms with Gasteiger partial charge in [0.15, 0.2) is 5.03 Å². The molecule has 0 spiro atoms. The second-order valence-electron chi connectivity index (χ2n) is 3.98. The average Bonchev–Trinajstić information content (AvgIpc) is 2.45. The zero-order chi connectivity index (χ0) is 11.2. The molecule has 0 aliphatic carbocycles. The summed E-state index contributed by atoms with van der Waals surface area (Å²) in [5.74, 6) is 0.944. The molecule has 0 saturated carbocycles. The van der Waals surface area contributed by atoms with E-state index in [4.69, 9.17) is 10.7 Å². The fourth-order valence-corrected chi connectivity index (χ4v) is 3.33. The largest absolute Gasteiger partial charge is 0.331 e. The van der Waals surface area contributed by atoms with Gasteiger partial charge >= 0.3 is 0 Å². The van der Waals surface area contributed by atoms with E-state index < -0.39 is 9.05 Å². The molecule has 0 aromatic carbocycles. The molecule has 0 fully saturated rings. The number of halogens is 1. The van der Waals surface area contributed by atoms with Gasteiger partial charge in [0.25, 0.3) is 9.05 Å². The molecule has 1 aliphatic rings. The maximum Gasteiger partial charge on any atom is 0.280 e. The number of rotatable bonds is 1. The van der Waals surface area contributed by atoms with E-state index in [1.54, 1.807) is 0 Å². The Kier molecular flexibility index (Phi) is 2.55. The third-order valence-electron chi connectivity index (χ3n) is 2.88. The Morgan fingerprint density at radius 2 is 2.20 bits per heavy atom. The molecule has 0 radical (unpaired) electrons. The monoisotopic (exact) mass is 248 g/mol. The van der Waals surface area contributed by atoms with Crippen LogP contribution in [0.5, 0.6) is 0 Å². The van der Waals surface area contributed by atoms with Crippen LogP contribution in [0.4, 0.5) is 0 Å². The van der Waals surface area contributed by atoms with E-state index in [-0.39, 0.29) is 10.9 Å². The molecule has 2 heterocycles. The van der Waals surface area contributed by atoms with E-state index in [2.05, 4.69) is 4.98 Å². The van der Waals surface area contributed by atoms with E-state index in [1.165, 1.54) is 0 Å². The van der Waals surface area contributed by atoms with Gasteiger partial charge in [0.2, 0.25) is 0 Å². The quantitative estimate of drug-likeness (QED) is 0.715. The first-order chi connectivity index (χ1) is 6.91. The van der Waals surface area contributed by atoms with Crippen molar-refractivity contribution in [1.82, 2.24) is 9.55 Å². The summed E-state index contributed by atoms with van der Waals surface area (Å²) in [6, 6.07) is 0. The predicted molar refractivity (Wildman–Crippen MR) is 57.7 cm³/mol. The number of fused-ring (bicyclic) bond motifs is 1. The second-order valence-corrected chi connectivity index (χ2v) is 6.46. The summed E-state index contributed by atoms with van der Waals surface area (Å²) >= 11 is 0. The first-order valence-corrected chi connectivity index (χ1v) is 7.24. The molecule has 1 atom stereocenters. The molecule has 0 N–H and O–H groups in total. The molecular formula is C9H13ClN2O2S. The van der Waals surface area contributed by atoms with Gasteiger partial charge in [-0.05, 0) is 25.7 Å². The average molecular weight is 249 g/mol. The van der Waals surface area contributed by atoms with Crippen molar-refractivity contribution < 1.29 is 8.42 Å². The maximum atomic E-state index is 11.4. The Labute approximate surface area is 93.7 Å². The van der Waals surface area contributed by atoms with Crippen molar-refractivity contribution in [3.8, 4) is 0 Å². The van der Waals surface area contributed by atoms with Gasteiger partial charge in [0.1, 0.15) is 5.82 Å². The minimum atomic E-state index is -3.72. The van der Waals surface area contributed by atoms with Gasteiger partial charge in [0, 0.05) is 17.2 Å². The Hall–Kier alpha value is -0.550. The van der Waals surface area contributed by atoms with Gasteiger partial charge < -0.3 is 4.57 Å². The lowest BCUT2D eigenvalue weighted by Gasteiger charge is -2.22. The third kappa shape index (κ3) is 1.78. The Bertz CT molecular complexity index is 492. The highest BCUT2D eigenvalue weighted by Gasteiger charge is 2.29. The summed E-state index contributed by atoms with van der Waals surface area (Å²) in [5.41, 5.74) is 0.772. The molecule has 0 bridgehead atoms. The molecule has 0 amide bonds. The lowest BCUT2D eigenvalue weighted by atomic mass is 9.99. The molecule has 1 unspecified atom stereocenters. The normalized spacial score (nSPS) is 21.4. The first kappa shape index (κ1) is 11.0. The van der Waals surface area contributed by atoms with Crippen LogP contribution in [0.25, 0.3) is 0 Å². The van der Waals surface area contributed by atoms with Crippen LogP contribution in [-0.2, 0) is 15.6 Å². The van der Waals surface area contributed by atoms with Gasteiger partial charge in [-0.15, -0.1) is 0 Å². The number of nitrogens with zero attached hydrogens (tertiary/aromatic N) is 2. The molecule has 2 rings (SSSR count). The third-order valence-corrected chi connectivity index (χ3v) is 4.08. The van der Waals surface area contributed by atoms with Crippen molar-refractivity contribution in [2.45, 2.75) is 44.2 Å². The molecule has 1 aromatic rings. The van der Waals surface area contributed by atoms with Crippen LogP contribution in [0, 0.1) is 6.92 Å². The Morgan fingerprint density at radius 3 is 2.80 bits per heavy atom. The van der Waals surface area contributed by atoms with E-state index in [0.717, 1.165) is 30.9 Å². The SMILES string of the molecule is Cc1nc(S(=O)(=O)Cl)c2n1CCCC2C. The first-order valence-electron chi connectivity index (χ1n) is 4.93. The minimum absolute atomic E-state index is 0.0499. The summed E-state index contributed by atoms with van der Waals surface area (Å²) in [6.07, 6.45) is 2.05.